The lowest BCUT2D eigenvalue weighted by Gasteiger charge is -2.01. The number of hydrogen-bond acceptors (Lipinski definition) is 1. The van der Waals surface area contributed by atoms with Gasteiger partial charge in [0, 0.05) is 0 Å². The van der Waals surface area contributed by atoms with Crippen LogP contribution in [0.5, 0.6) is 0 Å². The Hall–Kier alpha value is -1.22. The first kappa shape index (κ1) is 9.86. The monoisotopic (exact) mass is 202 g/mol. The van der Waals surface area contributed by atoms with E-state index in [9.17, 15) is 13.6 Å². The maximum absolute atomic E-state index is 13.1. The smallest absolute Gasteiger partial charge is 0.191 e. The van der Waals surface area contributed by atoms with Crippen LogP contribution in [0.15, 0.2) is 24.8 Å². The number of hydrogen-bond donors (Lipinski definition) is 0. The average molecular weight is 203 g/mol. The molecule has 1 aromatic carbocycles. The quantitative estimate of drug-likeness (QED) is 0.409. The van der Waals surface area contributed by atoms with Crippen LogP contribution in [-0.2, 0) is 0 Å². The minimum absolute atomic E-state index is 0.286. The van der Waals surface area contributed by atoms with E-state index in [1.54, 1.807) is 0 Å². The molecule has 0 fully saturated rings. The summed E-state index contributed by atoms with van der Waals surface area (Å²) in [4.78, 5) is 11.0. The van der Waals surface area contributed by atoms with Crippen molar-refractivity contribution in [1.82, 2.24) is 0 Å². The van der Waals surface area contributed by atoms with E-state index in [-0.39, 0.29) is 5.02 Å². The zero-order valence-electron chi connectivity index (χ0n) is 6.48. The van der Waals surface area contributed by atoms with Crippen molar-refractivity contribution in [3.05, 3.63) is 47.0 Å². The molecule has 4 heteroatoms. The summed E-state index contributed by atoms with van der Waals surface area (Å²) in [5.74, 6) is -2.81. The van der Waals surface area contributed by atoms with E-state index >= 15 is 0 Å². The topological polar surface area (TPSA) is 17.1 Å². The summed E-state index contributed by atoms with van der Waals surface area (Å²) in [7, 11) is 0. The molecule has 0 aliphatic carbocycles. The maximum atomic E-state index is 13.1. The fourth-order valence-corrected chi connectivity index (χ4v) is 1.01. The van der Waals surface area contributed by atoms with E-state index in [2.05, 4.69) is 6.58 Å². The SMILES string of the molecule is C=CC(=O)c1c(F)ccc(Cl)c1F. The van der Waals surface area contributed by atoms with Crippen molar-refractivity contribution in [2.45, 2.75) is 0 Å². The number of benzene rings is 1. The molecule has 0 radical (unpaired) electrons. The van der Waals surface area contributed by atoms with Crippen molar-refractivity contribution in [3.63, 3.8) is 0 Å². The van der Waals surface area contributed by atoms with E-state index in [4.69, 9.17) is 11.6 Å². The summed E-state index contributed by atoms with van der Waals surface area (Å²) in [6.07, 6.45) is 0.831. The number of rotatable bonds is 2. The summed E-state index contributed by atoms with van der Waals surface area (Å²) in [5.41, 5.74) is -0.664. The molecule has 0 atom stereocenters. The van der Waals surface area contributed by atoms with Crippen LogP contribution in [0, 0.1) is 11.6 Å². The van der Waals surface area contributed by atoms with Crippen molar-refractivity contribution in [2.75, 3.05) is 0 Å². The third-order valence-corrected chi connectivity index (χ3v) is 1.77. The van der Waals surface area contributed by atoms with Crippen LogP contribution in [-0.4, -0.2) is 5.78 Å². The van der Waals surface area contributed by atoms with Gasteiger partial charge in [0.15, 0.2) is 11.6 Å². The predicted molar refractivity (Wildman–Crippen MR) is 45.9 cm³/mol. The molecule has 0 N–H and O–H groups in total. The first-order chi connectivity index (χ1) is 6.07. The first-order valence-corrected chi connectivity index (χ1v) is 3.76. The predicted octanol–water partition coefficient (Wildman–Crippen LogP) is 2.99. The highest BCUT2D eigenvalue weighted by Crippen LogP contribution is 2.21. The van der Waals surface area contributed by atoms with Gasteiger partial charge in [0.2, 0.25) is 0 Å². The van der Waals surface area contributed by atoms with Crippen molar-refractivity contribution in [2.24, 2.45) is 0 Å². The van der Waals surface area contributed by atoms with Crippen molar-refractivity contribution >= 4 is 17.4 Å². The Kier molecular flexibility index (Phi) is 2.78. The lowest BCUT2D eigenvalue weighted by atomic mass is 10.1. The van der Waals surface area contributed by atoms with Crippen LogP contribution in [0.3, 0.4) is 0 Å². The Balaban J connectivity index is 3.41. The normalized spacial score (nSPS) is 9.77. The molecule has 0 spiro atoms. The number of carbonyl (C=O) groups excluding carboxylic acids is 1. The summed E-state index contributed by atoms with van der Waals surface area (Å²) in [5, 5.41) is -0.286. The highest BCUT2D eigenvalue weighted by atomic mass is 35.5. The van der Waals surface area contributed by atoms with Gasteiger partial charge < -0.3 is 0 Å². The fourth-order valence-electron chi connectivity index (χ4n) is 0.855. The molecule has 0 saturated carbocycles. The molecule has 0 aliphatic heterocycles. The first-order valence-electron chi connectivity index (χ1n) is 3.38. The number of carbonyl (C=O) groups is 1. The minimum atomic E-state index is -1.05. The van der Waals surface area contributed by atoms with Gasteiger partial charge in [0.1, 0.15) is 5.82 Å². The molecule has 0 heterocycles. The van der Waals surface area contributed by atoms with Gasteiger partial charge in [-0.25, -0.2) is 8.78 Å². The van der Waals surface area contributed by atoms with Crippen LogP contribution < -0.4 is 0 Å². The Morgan fingerprint density at radius 2 is 2.08 bits per heavy atom. The molecule has 1 rings (SSSR count). The highest BCUT2D eigenvalue weighted by molar-refractivity contribution is 6.31. The van der Waals surface area contributed by atoms with Crippen LogP contribution in [0.2, 0.25) is 5.02 Å². The second-order valence-electron chi connectivity index (χ2n) is 2.29. The Morgan fingerprint density at radius 3 is 2.62 bits per heavy atom. The van der Waals surface area contributed by atoms with Gasteiger partial charge in [-0.2, -0.15) is 0 Å². The molecule has 0 unspecified atom stereocenters. The average Bonchev–Trinajstić information content (AvgIpc) is 2.12. The van der Waals surface area contributed by atoms with Gasteiger partial charge >= 0.3 is 0 Å². The number of ketones is 1. The van der Waals surface area contributed by atoms with Crippen LogP contribution in [0.4, 0.5) is 8.78 Å². The maximum Gasteiger partial charge on any atom is 0.191 e. The van der Waals surface area contributed by atoms with Gasteiger partial charge in [-0.3, -0.25) is 4.79 Å². The van der Waals surface area contributed by atoms with E-state index < -0.39 is 23.0 Å². The Morgan fingerprint density at radius 1 is 1.46 bits per heavy atom. The molecule has 68 valence electrons. The summed E-state index contributed by atoms with van der Waals surface area (Å²) < 4.78 is 26.0. The molecule has 0 bridgehead atoms. The molecular weight excluding hydrogens is 198 g/mol. The van der Waals surface area contributed by atoms with Crippen LogP contribution in [0.1, 0.15) is 10.4 Å². The van der Waals surface area contributed by atoms with E-state index in [1.165, 1.54) is 0 Å². The number of allylic oxidation sites excluding steroid dienone is 1. The van der Waals surface area contributed by atoms with Crippen molar-refractivity contribution in [3.8, 4) is 0 Å². The molecule has 0 saturated heterocycles. The number of halogens is 3. The third-order valence-electron chi connectivity index (χ3n) is 1.48. The summed E-state index contributed by atoms with van der Waals surface area (Å²) >= 11 is 5.36. The Labute approximate surface area is 78.6 Å². The lowest BCUT2D eigenvalue weighted by molar-refractivity contribution is 0.103. The molecule has 0 amide bonds. The van der Waals surface area contributed by atoms with Crippen molar-refractivity contribution in [1.29, 1.82) is 0 Å². The zero-order chi connectivity index (χ0) is 10.0. The van der Waals surface area contributed by atoms with Crippen LogP contribution >= 0.6 is 11.6 Å². The standard InChI is InChI=1S/C9H5ClF2O/c1-2-7(13)8-6(11)4-3-5(10)9(8)12/h2-4H,1H2. The van der Waals surface area contributed by atoms with E-state index in [0.717, 1.165) is 18.2 Å². The van der Waals surface area contributed by atoms with E-state index in [0.29, 0.717) is 0 Å². The van der Waals surface area contributed by atoms with Crippen molar-refractivity contribution < 1.29 is 13.6 Å². The second kappa shape index (κ2) is 3.66. The van der Waals surface area contributed by atoms with Gasteiger partial charge in [0.05, 0.1) is 10.6 Å². The molecule has 13 heavy (non-hydrogen) atoms. The Bertz CT molecular complexity index is 374. The lowest BCUT2D eigenvalue weighted by Crippen LogP contribution is -2.02. The highest BCUT2D eigenvalue weighted by Gasteiger charge is 2.16. The molecule has 1 nitrogen and oxygen atoms in total. The van der Waals surface area contributed by atoms with Gasteiger partial charge in [-0.05, 0) is 18.2 Å². The zero-order valence-corrected chi connectivity index (χ0v) is 7.24. The summed E-state index contributed by atoms with van der Waals surface area (Å²) in [6, 6.07) is 1.98. The van der Waals surface area contributed by atoms with E-state index in [1.807, 2.05) is 0 Å². The summed E-state index contributed by atoms with van der Waals surface area (Å²) in [6.45, 7) is 3.12. The molecular formula is C9H5ClF2O. The molecule has 0 aromatic heterocycles. The van der Waals surface area contributed by atoms with Gasteiger partial charge in [-0.15, -0.1) is 0 Å². The molecule has 0 aliphatic rings. The minimum Gasteiger partial charge on any atom is -0.289 e. The van der Waals surface area contributed by atoms with Gasteiger partial charge in [0.25, 0.3) is 0 Å². The largest absolute Gasteiger partial charge is 0.289 e. The fraction of sp³-hybridized carbons (Fsp3) is 0. The van der Waals surface area contributed by atoms with Crippen LogP contribution in [0.25, 0.3) is 0 Å². The van der Waals surface area contributed by atoms with Gasteiger partial charge in [-0.1, -0.05) is 18.2 Å². The second-order valence-corrected chi connectivity index (χ2v) is 2.69. The third kappa shape index (κ3) is 1.75. The molecule has 1 aromatic rings.